The van der Waals surface area contributed by atoms with E-state index in [4.69, 9.17) is 4.74 Å². The molecule has 2 fully saturated rings. The van der Waals surface area contributed by atoms with Gasteiger partial charge in [0.1, 0.15) is 0 Å². The molecular weight excluding hydrogens is 214 g/mol. The molecule has 1 aromatic rings. The Morgan fingerprint density at radius 3 is 2.94 bits per heavy atom. The molecule has 4 nitrogen and oxygen atoms in total. The van der Waals surface area contributed by atoms with Crippen molar-refractivity contribution in [1.29, 1.82) is 0 Å². The smallest absolute Gasteiger partial charge is 0.0753 e. The van der Waals surface area contributed by atoms with Gasteiger partial charge in [-0.2, -0.15) is 5.10 Å². The Balaban J connectivity index is 1.68. The number of hydrogen-bond acceptors (Lipinski definition) is 3. The van der Waals surface area contributed by atoms with E-state index in [1.54, 1.807) is 0 Å². The van der Waals surface area contributed by atoms with Crippen molar-refractivity contribution in [3.05, 3.63) is 18.0 Å². The molecule has 1 unspecified atom stereocenters. The molecule has 3 heterocycles. The molecule has 0 aromatic carbocycles. The van der Waals surface area contributed by atoms with Crippen LogP contribution in [-0.2, 0) is 4.74 Å². The van der Waals surface area contributed by atoms with Gasteiger partial charge < -0.3 is 10.1 Å². The molecule has 4 heteroatoms. The first kappa shape index (κ1) is 11.2. The molecule has 0 saturated carbocycles. The monoisotopic (exact) mass is 235 g/mol. The molecule has 1 atom stereocenters. The molecular formula is C13H21N3O. The molecule has 0 amide bonds. The zero-order valence-electron chi connectivity index (χ0n) is 10.3. The maximum Gasteiger partial charge on any atom is 0.0753 e. The number of hydrogen-bond donors (Lipinski definition) is 1. The summed E-state index contributed by atoms with van der Waals surface area (Å²) in [7, 11) is 0. The fourth-order valence-corrected chi connectivity index (χ4v) is 2.85. The Morgan fingerprint density at radius 2 is 2.18 bits per heavy atom. The van der Waals surface area contributed by atoms with Crippen molar-refractivity contribution in [3.8, 4) is 0 Å². The van der Waals surface area contributed by atoms with Gasteiger partial charge in [-0.25, -0.2) is 0 Å². The lowest BCUT2D eigenvalue weighted by molar-refractivity contribution is 0.0549. The Bertz CT molecular complexity index is 319. The van der Waals surface area contributed by atoms with E-state index in [1.807, 2.05) is 0 Å². The Kier molecular flexibility index (Phi) is 3.43. The van der Waals surface area contributed by atoms with E-state index < -0.39 is 0 Å². The lowest BCUT2D eigenvalue weighted by atomic mass is 9.93. The van der Waals surface area contributed by atoms with Crippen LogP contribution in [0.1, 0.15) is 43.2 Å². The Hall–Kier alpha value is -0.870. The summed E-state index contributed by atoms with van der Waals surface area (Å²) in [5, 5.41) is 7.94. The molecule has 0 aliphatic carbocycles. The highest BCUT2D eigenvalue weighted by molar-refractivity contribution is 5.12. The first-order chi connectivity index (χ1) is 8.43. The van der Waals surface area contributed by atoms with E-state index in [0.717, 1.165) is 32.7 Å². The quantitative estimate of drug-likeness (QED) is 0.848. The highest BCUT2D eigenvalue weighted by Crippen LogP contribution is 2.26. The average molecular weight is 235 g/mol. The largest absolute Gasteiger partial charge is 0.379 e. The topological polar surface area (TPSA) is 39.1 Å². The minimum absolute atomic E-state index is 0.458. The molecule has 2 aliphatic heterocycles. The van der Waals surface area contributed by atoms with Crippen LogP contribution in [0.15, 0.2) is 12.4 Å². The summed E-state index contributed by atoms with van der Waals surface area (Å²) in [5.74, 6) is 0.703. The third-order valence-corrected chi connectivity index (χ3v) is 3.94. The third-order valence-electron chi connectivity index (χ3n) is 3.94. The molecule has 1 aromatic heterocycles. The molecule has 0 bridgehead atoms. The van der Waals surface area contributed by atoms with Gasteiger partial charge in [0.05, 0.1) is 18.8 Å². The van der Waals surface area contributed by atoms with Crippen molar-refractivity contribution in [2.75, 3.05) is 26.3 Å². The molecule has 2 aliphatic rings. The van der Waals surface area contributed by atoms with Crippen molar-refractivity contribution in [2.24, 2.45) is 0 Å². The second-order valence-electron chi connectivity index (χ2n) is 5.15. The first-order valence-corrected chi connectivity index (χ1v) is 6.76. The van der Waals surface area contributed by atoms with Gasteiger partial charge >= 0.3 is 0 Å². The summed E-state index contributed by atoms with van der Waals surface area (Å²) in [4.78, 5) is 0. The van der Waals surface area contributed by atoms with Crippen LogP contribution < -0.4 is 5.32 Å². The minimum Gasteiger partial charge on any atom is -0.379 e. The molecule has 1 N–H and O–H groups in total. The van der Waals surface area contributed by atoms with Gasteiger partial charge in [-0.15, -0.1) is 0 Å². The van der Waals surface area contributed by atoms with Gasteiger partial charge in [-0.1, -0.05) is 0 Å². The van der Waals surface area contributed by atoms with Crippen molar-refractivity contribution >= 4 is 0 Å². The number of nitrogens with one attached hydrogen (secondary N) is 1. The summed E-state index contributed by atoms with van der Waals surface area (Å²) < 4.78 is 7.64. The number of nitrogens with zero attached hydrogens (tertiary/aromatic N) is 2. The summed E-state index contributed by atoms with van der Waals surface area (Å²) in [6.45, 7) is 4.02. The van der Waals surface area contributed by atoms with Crippen LogP contribution in [0.2, 0.25) is 0 Å². The van der Waals surface area contributed by atoms with Crippen LogP contribution in [0.3, 0.4) is 0 Å². The summed E-state index contributed by atoms with van der Waals surface area (Å²) in [6.07, 6.45) is 9.15. The van der Waals surface area contributed by atoms with Crippen molar-refractivity contribution in [2.45, 2.75) is 37.6 Å². The number of rotatable bonds is 2. The van der Waals surface area contributed by atoms with E-state index >= 15 is 0 Å². The van der Waals surface area contributed by atoms with Crippen LogP contribution >= 0.6 is 0 Å². The second kappa shape index (κ2) is 5.19. The third kappa shape index (κ3) is 2.53. The number of aromatic nitrogens is 2. The van der Waals surface area contributed by atoms with E-state index in [0.29, 0.717) is 12.0 Å². The summed E-state index contributed by atoms with van der Waals surface area (Å²) in [5.41, 5.74) is 1.41. The number of ether oxygens (including phenoxy) is 1. The predicted molar refractivity (Wildman–Crippen MR) is 66.2 cm³/mol. The highest BCUT2D eigenvalue weighted by Gasteiger charge is 2.20. The lowest BCUT2D eigenvalue weighted by Crippen LogP contribution is -2.26. The molecule has 2 saturated heterocycles. The van der Waals surface area contributed by atoms with Crippen LogP contribution in [0.4, 0.5) is 0 Å². The summed E-state index contributed by atoms with van der Waals surface area (Å²) in [6, 6.07) is 0.458. The van der Waals surface area contributed by atoms with Gasteiger partial charge in [0.25, 0.3) is 0 Å². The maximum atomic E-state index is 5.52. The Labute approximate surface area is 102 Å². The zero-order chi connectivity index (χ0) is 11.5. The standard InChI is InChI=1S/C13H21N3O/c1-2-13(10-17-7-1)16-9-12(8-15-16)11-3-5-14-6-4-11/h8-9,11,13-14H,1-7,10H2. The predicted octanol–water partition coefficient (Wildman–Crippen LogP) is 1.70. The van der Waals surface area contributed by atoms with Crippen molar-refractivity contribution in [3.63, 3.8) is 0 Å². The van der Waals surface area contributed by atoms with Crippen LogP contribution in [0.5, 0.6) is 0 Å². The van der Waals surface area contributed by atoms with E-state index in [1.165, 1.54) is 24.8 Å². The second-order valence-corrected chi connectivity index (χ2v) is 5.15. The van der Waals surface area contributed by atoms with E-state index in [2.05, 4.69) is 27.5 Å². The van der Waals surface area contributed by atoms with Gasteiger partial charge in [0.2, 0.25) is 0 Å². The lowest BCUT2D eigenvalue weighted by Gasteiger charge is -2.23. The first-order valence-electron chi connectivity index (χ1n) is 6.76. The SMILES string of the molecule is c1nn(C2CCCOC2)cc1C1CCNCC1. The van der Waals surface area contributed by atoms with Gasteiger partial charge in [0.15, 0.2) is 0 Å². The van der Waals surface area contributed by atoms with Crippen molar-refractivity contribution < 1.29 is 4.74 Å². The van der Waals surface area contributed by atoms with Crippen molar-refractivity contribution in [1.82, 2.24) is 15.1 Å². The van der Waals surface area contributed by atoms with Crippen LogP contribution in [0.25, 0.3) is 0 Å². The number of piperidine rings is 1. The zero-order valence-corrected chi connectivity index (χ0v) is 10.3. The van der Waals surface area contributed by atoms with E-state index in [-0.39, 0.29) is 0 Å². The fourth-order valence-electron chi connectivity index (χ4n) is 2.85. The molecule has 94 valence electrons. The van der Waals surface area contributed by atoms with Gasteiger partial charge in [0, 0.05) is 12.8 Å². The van der Waals surface area contributed by atoms with Crippen LogP contribution in [0, 0.1) is 0 Å². The average Bonchev–Trinajstić information content (AvgIpc) is 2.90. The van der Waals surface area contributed by atoms with Gasteiger partial charge in [-0.05, 0) is 50.3 Å². The highest BCUT2D eigenvalue weighted by atomic mass is 16.5. The summed E-state index contributed by atoms with van der Waals surface area (Å²) >= 11 is 0. The normalized spacial score (nSPS) is 27.2. The Morgan fingerprint density at radius 1 is 1.29 bits per heavy atom. The molecule has 0 spiro atoms. The minimum atomic E-state index is 0.458. The maximum absolute atomic E-state index is 5.52. The van der Waals surface area contributed by atoms with Crippen LogP contribution in [-0.4, -0.2) is 36.1 Å². The van der Waals surface area contributed by atoms with Gasteiger partial charge in [-0.3, -0.25) is 4.68 Å². The molecule has 17 heavy (non-hydrogen) atoms. The molecule has 3 rings (SSSR count). The molecule has 0 radical (unpaired) electrons. The van der Waals surface area contributed by atoms with E-state index in [9.17, 15) is 0 Å². The fraction of sp³-hybridized carbons (Fsp3) is 0.769.